The van der Waals surface area contributed by atoms with Gasteiger partial charge in [-0.25, -0.2) is 0 Å². The highest BCUT2D eigenvalue weighted by Crippen LogP contribution is 2.29. The van der Waals surface area contributed by atoms with Crippen LogP contribution in [0.2, 0.25) is 5.02 Å². The molecule has 0 aromatic heterocycles. The Bertz CT molecular complexity index is 403. The molecular formula is C11H13ClN2O2. The second kappa shape index (κ2) is 4.80. The summed E-state index contributed by atoms with van der Waals surface area (Å²) < 4.78 is 0. The SMILES string of the molecule is O=[N+]([O-])c1cccc(Cl)c1CC1CCNC1. The molecule has 1 saturated heterocycles. The van der Waals surface area contributed by atoms with Crippen molar-refractivity contribution in [3.63, 3.8) is 0 Å². The summed E-state index contributed by atoms with van der Waals surface area (Å²) in [4.78, 5) is 10.5. The molecule has 0 spiro atoms. The molecule has 0 bridgehead atoms. The molecule has 1 heterocycles. The van der Waals surface area contributed by atoms with Crippen LogP contribution in [-0.4, -0.2) is 18.0 Å². The maximum absolute atomic E-state index is 10.9. The third kappa shape index (κ3) is 2.33. The minimum atomic E-state index is -0.358. The Morgan fingerprint density at radius 2 is 2.38 bits per heavy atom. The van der Waals surface area contributed by atoms with E-state index in [0.29, 0.717) is 22.9 Å². The van der Waals surface area contributed by atoms with Gasteiger partial charge in [0.05, 0.1) is 9.95 Å². The Morgan fingerprint density at radius 1 is 1.56 bits per heavy atom. The van der Waals surface area contributed by atoms with Crippen molar-refractivity contribution >= 4 is 17.3 Å². The maximum atomic E-state index is 10.9. The van der Waals surface area contributed by atoms with Gasteiger partial charge in [-0.3, -0.25) is 10.1 Å². The quantitative estimate of drug-likeness (QED) is 0.652. The number of nitrogens with one attached hydrogen (secondary N) is 1. The van der Waals surface area contributed by atoms with Crippen molar-refractivity contribution in [2.24, 2.45) is 5.92 Å². The maximum Gasteiger partial charge on any atom is 0.274 e. The van der Waals surface area contributed by atoms with Gasteiger partial charge >= 0.3 is 0 Å². The molecule has 1 atom stereocenters. The van der Waals surface area contributed by atoms with Gasteiger partial charge in [-0.15, -0.1) is 0 Å². The Morgan fingerprint density at radius 3 is 3.00 bits per heavy atom. The van der Waals surface area contributed by atoms with E-state index in [2.05, 4.69) is 5.32 Å². The first-order valence-electron chi connectivity index (χ1n) is 5.31. The van der Waals surface area contributed by atoms with Gasteiger partial charge in [-0.1, -0.05) is 17.7 Å². The van der Waals surface area contributed by atoms with E-state index in [1.807, 2.05) is 0 Å². The normalized spacial score (nSPS) is 19.9. The van der Waals surface area contributed by atoms with Crippen molar-refractivity contribution in [3.8, 4) is 0 Å². The molecule has 1 aromatic carbocycles. The van der Waals surface area contributed by atoms with Crippen molar-refractivity contribution in [2.45, 2.75) is 12.8 Å². The molecule has 5 heteroatoms. The van der Waals surface area contributed by atoms with Gasteiger partial charge in [-0.05, 0) is 37.9 Å². The fourth-order valence-corrected chi connectivity index (χ4v) is 2.34. The fraction of sp³-hybridized carbons (Fsp3) is 0.455. The lowest BCUT2D eigenvalue weighted by Gasteiger charge is -2.10. The van der Waals surface area contributed by atoms with E-state index in [4.69, 9.17) is 11.6 Å². The molecule has 1 aliphatic rings. The Labute approximate surface area is 98.8 Å². The van der Waals surface area contributed by atoms with Crippen LogP contribution in [0, 0.1) is 16.0 Å². The molecule has 1 N–H and O–H groups in total. The summed E-state index contributed by atoms with van der Waals surface area (Å²) in [7, 11) is 0. The van der Waals surface area contributed by atoms with Crippen molar-refractivity contribution in [2.75, 3.05) is 13.1 Å². The van der Waals surface area contributed by atoms with E-state index in [9.17, 15) is 10.1 Å². The van der Waals surface area contributed by atoms with E-state index in [1.54, 1.807) is 12.1 Å². The number of hydrogen-bond acceptors (Lipinski definition) is 3. The summed E-state index contributed by atoms with van der Waals surface area (Å²) in [5.41, 5.74) is 0.808. The number of rotatable bonds is 3. The van der Waals surface area contributed by atoms with E-state index < -0.39 is 0 Å². The molecule has 0 radical (unpaired) electrons. The fourth-order valence-electron chi connectivity index (χ4n) is 2.10. The summed E-state index contributed by atoms with van der Waals surface area (Å²) in [6.07, 6.45) is 1.74. The smallest absolute Gasteiger partial charge is 0.274 e. The Hall–Kier alpha value is -1.13. The predicted molar refractivity (Wildman–Crippen MR) is 62.8 cm³/mol. The molecule has 4 nitrogen and oxygen atoms in total. The lowest BCUT2D eigenvalue weighted by Crippen LogP contribution is -2.11. The number of hydrogen-bond donors (Lipinski definition) is 1. The molecule has 0 aliphatic carbocycles. The average molecular weight is 241 g/mol. The summed E-state index contributed by atoms with van der Waals surface area (Å²) in [5, 5.41) is 14.6. The molecule has 2 rings (SSSR count). The van der Waals surface area contributed by atoms with Gasteiger partial charge in [0.15, 0.2) is 0 Å². The second-order valence-corrected chi connectivity index (χ2v) is 4.46. The third-order valence-corrected chi connectivity index (χ3v) is 3.30. The first-order chi connectivity index (χ1) is 7.68. The molecule has 1 fully saturated rings. The monoisotopic (exact) mass is 240 g/mol. The van der Waals surface area contributed by atoms with Crippen molar-refractivity contribution < 1.29 is 4.92 Å². The van der Waals surface area contributed by atoms with E-state index in [-0.39, 0.29) is 10.6 Å². The van der Waals surface area contributed by atoms with Gasteiger partial charge in [-0.2, -0.15) is 0 Å². The Balaban J connectivity index is 2.26. The van der Waals surface area contributed by atoms with Gasteiger partial charge < -0.3 is 5.32 Å². The van der Waals surface area contributed by atoms with Crippen molar-refractivity contribution in [1.82, 2.24) is 5.32 Å². The number of nitrogens with zero attached hydrogens (tertiary/aromatic N) is 1. The standard InChI is InChI=1S/C11H13ClN2O2/c12-10-2-1-3-11(14(15)16)9(10)6-8-4-5-13-7-8/h1-3,8,13H,4-7H2. The summed E-state index contributed by atoms with van der Waals surface area (Å²) >= 11 is 6.03. The average Bonchev–Trinajstić information content (AvgIpc) is 2.73. The first kappa shape index (κ1) is 11.4. The van der Waals surface area contributed by atoms with Crippen LogP contribution in [0.25, 0.3) is 0 Å². The molecule has 0 saturated carbocycles. The van der Waals surface area contributed by atoms with Crippen LogP contribution in [0.4, 0.5) is 5.69 Å². The van der Waals surface area contributed by atoms with Crippen LogP contribution in [0.5, 0.6) is 0 Å². The van der Waals surface area contributed by atoms with E-state index >= 15 is 0 Å². The molecule has 1 aliphatic heterocycles. The number of benzene rings is 1. The third-order valence-electron chi connectivity index (χ3n) is 2.95. The number of nitro benzene ring substituents is 1. The highest BCUT2D eigenvalue weighted by atomic mass is 35.5. The van der Waals surface area contributed by atoms with E-state index in [0.717, 1.165) is 19.5 Å². The highest BCUT2D eigenvalue weighted by Gasteiger charge is 2.22. The zero-order valence-corrected chi connectivity index (χ0v) is 9.54. The zero-order valence-electron chi connectivity index (χ0n) is 8.78. The van der Waals surface area contributed by atoms with Crippen LogP contribution < -0.4 is 5.32 Å². The van der Waals surface area contributed by atoms with Gasteiger partial charge in [0.25, 0.3) is 5.69 Å². The first-order valence-corrected chi connectivity index (χ1v) is 5.69. The van der Waals surface area contributed by atoms with Crippen molar-refractivity contribution in [1.29, 1.82) is 0 Å². The topological polar surface area (TPSA) is 55.2 Å². The second-order valence-electron chi connectivity index (χ2n) is 4.06. The Kier molecular flexibility index (Phi) is 3.41. The van der Waals surface area contributed by atoms with Crippen LogP contribution >= 0.6 is 11.6 Å². The molecule has 86 valence electrons. The molecule has 1 aromatic rings. The minimum Gasteiger partial charge on any atom is -0.316 e. The summed E-state index contributed by atoms with van der Waals surface area (Å²) in [6, 6.07) is 4.85. The highest BCUT2D eigenvalue weighted by molar-refractivity contribution is 6.31. The molecule has 1 unspecified atom stereocenters. The minimum absolute atomic E-state index is 0.138. The largest absolute Gasteiger partial charge is 0.316 e. The van der Waals surface area contributed by atoms with Crippen LogP contribution in [0.15, 0.2) is 18.2 Å². The predicted octanol–water partition coefficient (Wildman–Crippen LogP) is 2.40. The van der Waals surface area contributed by atoms with Crippen molar-refractivity contribution in [3.05, 3.63) is 38.9 Å². The lowest BCUT2D eigenvalue weighted by molar-refractivity contribution is -0.385. The number of halogens is 1. The van der Waals surface area contributed by atoms with Crippen LogP contribution in [-0.2, 0) is 6.42 Å². The summed E-state index contributed by atoms with van der Waals surface area (Å²) in [6.45, 7) is 1.91. The van der Waals surface area contributed by atoms with Crippen LogP contribution in [0.1, 0.15) is 12.0 Å². The number of nitro groups is 1. The summed E-state index contributed by atoms with van der Waals surface area (Å²) in [5.74, 6) is 0.457. The van der Waals surface area contributed by atoms with Gasteiger partial charge in [0, 0.05) is 11.6 Å². The van der Waals surface area contributed by atoms with Gasteiger partial charge in [0.2, 0.25) is 0 Å². The van der Waals surface area contributed by atoms with E-state index in [1.165, 1.54) is 6.07 Å². The van der Waals surface area contributed by atoms with Crippen LogP contribution in [0.3, 0.4) is 0 Å². The molecule has 0 amide bonds. The zero-order chi connectivity index (χ0) is 11.5. The van der Waals surface area contributed by atoms with Gasteiger partial charge in [0.1, 0.15) is 0 Å². The molecule has 16 heavy (non-hydrogen) atoms. The lowest BCUT2D eigenvalue weighted by atomic mass is 9.97. The molecular weight excluding hydrogens is 228 g/mol.